The first-order chi connectivity index (χ1) is 15.1. The van der Waals surface area contributed by atoms with Crippen LogP contribution in [0, 0.1) is 11.6 Å². The van der Waals surface area contributed by atoms with Gasteiger partial charge in [-0.25, -0.2) is 8.78 Å². The van der Waals surface area contributed by atoms with Crippen LogP contribution in [0.5, 0.6) is 23.0 Å². The van der Waals surface area contributed by atoms with Gasteiger partial charge in [-0.2, -0.15) is 0 Å². The highest BCUT2D eigenvalue weighted by Gasteiger charge is 2.15. The second-order valence-corrected chi connectivity index (χ2v) is 7.16. The van der Waals surface area contributed by atoms with Gasteiger partial charge in [0.2, 0.25) is 0 Å². The zero-order valence-electron chi connectivity index (χ0n) is 17.3. The molecule has 0 saturated carbocycles. The number of rotatable bonds is 8. The van der Waals surface area contributed by atoms with E-state index in [1.165, 1.54) is 0 Å². The van der Waals surface area contributed by atoms with Crippen LogP contribution in [0.2, 0.25) is 0 Å². The molecular formula is C23H24F2N2O4. The fourth-order valence-electron chi connectivity index (χ4n) is 3.46. The molecule has 0 bridgehead atoms. The Kier molecular flexibility index (Phi) is 6.79. The zero-order valence-corrected chi connectivity index (χ0v) is 17.3. The average Bonchev–Trinajstić information content (AvgIpc) is 2.79. The van der Waals surface area contributed by atoms with E-state index in [1.807, 2.05) is 0 Å². The number of morpholine rings is 1. The SMILES string of the molecule is COc1cc2c(Oc3cc(F)ccc3F)ccnc2cc1OCCCN1CCOCC1. The van der Waals surface area contributed by atoms with Gasteiger partial charge in [-0.3, -0.25) is 9.88 Å². The summed E-state index contributed by atoms with van der Waals surface area (Å²) in [5, 5.41) is 0.601. The molecule has 0 radical (unpaired) electrons. The van der Waals surface area contributed by atoms with Crippen molar-refractivity contribution in [3.05, 3.63) is 54.2 Å². The van der Waals surface area contributed by atoms with E-state index in [9.17, 15) is 8.78 Å². The van der Waals surface area contributed by atoms with Crippen molar-refractivity contribution >= 4 is 10.9 Å². The van der Waals surface area contributed by atoms with Crippen LogP contribution in [0.1, 0.15) is 6.42 Å². The Labute approximate surface area is 179 Å². The molecule has 2 heterocycles. The van der Waals surface area contributed by atoms with Crippen molar-refractivity contribution in [2.24, 2.45) is 0 Å². The summed E-state index contributed by atoms with van der Waals surface area (Å²) >= 11 is 0. The first kappa shape index (κ1) is 21.3. The molecule has 2 aromatic carbocycles. The van der Waals surface area contributed by atoms with E-state index in [1.54, 1.807) is 31.5 Å². The monoisotopic (exact) mass is 430 g/mol. The molecule has 1 saturated heterocycles. The van der Waals surface area contributed by atoms with Crippen LogP contribution in [-0.4, -0.2) is 56.4 Å². The fraction of sp³-hybridized carbons (Fsp3) is 0.348. The molecular weight excluding hydrogens is 406 g/mol. The number of benzene rings is 2. The second kappa shape index (κ2) is 9.89. The maximum absolute atomic E-state index is 14.0. The predicted molar refractivity (Wildman–Crippen MR) is 112 cm³/mol. The van der Waals surface area contributed by atoms with Gasteiger partial charge in [0.15, 0.2) is 23.1 Å². The van der Waals surface area contributed by atoms with E-state index in [0.717, 1.165) is 57.5 Å². The van der Waals surface area contributed by atoms with Gasteiger partial charge in [0.25, 0.3) is 0 Å². The van der Waals surface area contributed by atoms with Crippen LogP contribution in [-0.2, 0) is 4.74 Å². The third-order valence-corrected chi connectivity index (χ3v) is 5.08. The molecule has 0 amide bonds. The number of hydrogen-bond acceptors (Lipinski definition) is 6. The van der Waals surface area contributed by atoms with Crippen LogP contribution in [0.3, 0.4) is 0 Å². The molecule has 0 atom stereocenters. The Morgan fingerprint density at radius 3 is 2.65 bits per heavy atom. The van der Waals surface area contributed by atoms with Crippen LogP contribution in [0.25, 0.3) is 10.9 Å². The molecule has 164 valence electrons. The molecule has 8 heteroatoms. The second-order valence-electron chi connectivity index (χ2n) is 7.16. The lowest BCUT2D eigenvalue weighted by molar-refractivity contribution is 0.0357. The third-order valence-electron chi connectivity index (χ3n) is 5.08. The van der Waals surface area contributed by atoms with E-state index >= 15 is 0 Å². The summed E-state index contributed by atoms with van der Waals surface area (Å²) in [5.74, 6) is -0.0183. The van der Waals surface area contributed by atoms with Gasteiger partial charge >= 0.3 is 0 Å². The van der Waals surface area contributed by atoms with Gasteiger partial charge in [0.1, 0.15) is 11.6 Å². The van der Waals surface area contributed by atoms with Gasteiger partial charge in [-0.05, 0) is 30.7 Å². The molecule has 0 spiro atoms. The highest BCUT2D eigenvalue weighted by atomic mass is 19.1. The standard InChI is InChI=1S/C23H24F2N2O4/c1-28-22-14-17-19(15-23(22)30-10-2-7-27-8-11-29-12-9-27)26-6-5-20(17)31-21-13-16(24)3-4-18(21)25/h3-6,13-15H,2,7-12H2,1H3. The molecule has 1 fully saturated rings. The summed E-state index contributed by atoms with van der Waals surface area (Å²) in [5.41, 5.74) is 0.596. The highest BCUT2D eigenvalue weighted by molar-refractivity contribution is 5.88. The van der Waals surface area contributed by atoms with Crippen LogP contribution >= 0.6 is 0 Å². The molecule has 0 aliphatic carbocycles. The van der Waals surface area contributed by atoms with Crippen molar-refractivity contribution in [3.8, 4) is 23.0 Å². The van der Waals surface area contributed by atoms with Crippen LogP contribution in [0.15, 0.2) is 42.6 Å². The summed E-state index contributed by atoms with van der Waals surface area (Å²) < 4.78 is 49.9. The number of ether oxygens (including phenoxy) is 4. The minimum Gasteiger partial charge on any atom is -0.493 e. The summed E-state index contributed by atoms with van der Waals surface area (Å²) in [6, 6.07) is 8.15. The molecule has 4 rings (SSSR count). The van der Waals surface area contributed by atoms with Crippen molar-refractivity contribution in [3.63, 3.8) is 0 Å². The Hall–Kier alpha value is -2.97. The molecule has 1 aliphatic rings. The number of nitrogens with zero attached hydrogens (tertiary/aromatic N) is 2. The first-order valence-corrected chi connectivity index (χ1v) is 10.2. The molecule has 0 N–H and O–H groups in total. The number of hydrogen-bond donors (Lipinski definition) is 0. The number of aromatic nitrogens is 1. The topological polar surface area (TPSA) is 53.0 Å². The third kappa shape index (κ3) is 5.21. The molecule has 3 aromatic rings. The van der Waals surface area contributed by atoms with Crippen molar-refractivity contribution in [1.29, 1.82) is 0 Å². The summed E-state index contributed by atoms with van der Waals surface area (Å²) in [6.45, 7) is 4.90. The summed E-state index contributed by atoms with van der Waals surface area (Å²) in [7, 11) is 1.55. The Morgan fingerprint density at radius 1 is 1.00 bits per heavy atom. The number of methoxy groups -OCH3 is 1. The Balaban J connectivity index is 1.50. The van der Waals surface area contributed by atoms with Crippen molar-refractivity contribution in [2.75, 3.05) is 46.6 Å². The summed E-state index contributed by atoms with van der Waals surface area (Å²) in [6.07, 6.45) is 2.42. The van der Waals surface area contributed by atoms with E-state index < -0.39 is 11.6 Å². The van der Waals surface area contributed by atoms with Crippen LogP contribution < -0.4 is 14.2 Å². The Bertz CT molecular complexity index is 1040. The largest absolute Gasteiger partial charge is 0.493 e. The zero-order chi connectivity index (χ0) is 21.6. The smallest absolute Gasteiger partial charge is 0.166 e. The van der Waals surface area contributed by atoms with E-state index in [2.05, 4.69) is 9.88 Å². The van der Waals surface area contributed by atoms with Gasteiger partial charge in [0, 0.05) is 43.4 Å². The maximum atomic E-state index is 14.0. The lowest BCUT2D eigenvalue weighted by Gasteiger charge is -2.26. The maximum Gasteiger partial charge on any atom is 0.166 e. The lowest BCUT2D eigenvalue weighted by Crippen LogP contribution is -2.37. The molecule has 1 aliphatic heterocycles. The molecule has 1 aromatic heterocycles. The number of fused-ring (bicyclic) bond motifs is 1. The quantitative estimate of drug-likeness (QED) is 0.494. The van der Waals surface area contributed by atoms with Crippen molar-refractivity contribution in [2.45, 2.75) is 6.42 Å². The molecule has 31 heavy (non-hydrogen) atoms. The summed E-state index contributed by atoms with van der Waals surface area (Å²) in [4.78, 5) is 6.70. The lowest BCUT2D eigenvalue weighted by atomic mass is 10.1. The van der Waals surface area contributed by atoms with Gasteiger partial charge in [0.05, 0.1) is 32.4 Å². The molecule has 6 nitrogen and oxygen atoms in total. The van der Waals surface area contributed by atoms with E-state index in [0.29, 0.717) is 34.8 Å². The van der Waals surface area contributed by atoms with Crippen molar-refractivity contribution in [1.82, 2.24) is 9.88 Å². The first-order valence-electron chi connectivity index (χ1n) is 10.2. The van der Waals surface area contributed by atoms with Gasteiger partial charge < -0.3 is 18.9 Å². The minimum absolute atomic E-state index is 0.199. The minimum atomic E-state index is -0.654. The number of pyridine rings is 1. The van der Waals surface area contributed by atoms with Gasteiger partial charge in [-0.15, -0.1) is 0 Å². The number of halogens is 2. The fourth-order valence-corrected chi connectivity index (χ4v) is 3.46. The normalized spacial score (nSPS) is 14.5. The van der Waals surface area contributed by atoms with Crippen LogP contribution in [0.4, 0.5) is 8.78 Å². The van der Waals surface area contributed by atoms with E-state index in [-0.39, 0.29) is 5.75 Å². The van der Waals surface area contributed by atoms with Gasteiger partial charge in [-0.1, -0.05) is 0 Å². The van der Waals surface area contributed by atoms with E-state index in [4.69, 9.17) is 18.9 Å². The highest BCUT2D eigenvalue weighted by Crippen LogP contribution is 2.37. The molecule has 0 unspecified atom stereocenters. The van der Waals surface area contributed by atoms with Crippen molar-refractivity contribution < 1.29 is 27.7 Å². The average molecular weight is 430 g/mol. The predicted octanol–water partition coefficient (Wildman–Crippen LogP) is 4.42. The Morgan fingerprint density at radius 2 is 1.84 bits per heavy atom.